The smallest absolute Gasteiger partial charge is 0.151 e. The minimum atomic E-state index is -2.81. The molecule has 5 nitrogen and oxygen atoms in total. The number of hydrogen-bond acceptors (Lipinski definition) is 5. The molecule has 3 rings (SSSR count). The average molecular weight is 359 g/mol. The van der Waals surface area contributed by atoms with Crippen molar-refractivity contribution in [3.8, 4) is 5.75 Å². The van der Waals surface area contributed by atoms with Gasteiger partial charge in [-0.15, -0.1) is 0 Å². The number of nitrogens with zero attached hydrogens (tertiary/aromatic N) is 2. The van der Waals surface area contributed by atoms with Gasteiger partial charge in [0.15, 0.2) is 9.84 Å². The lowest BCUT2D eigenvalue weighted by atomic mass is 10.1. The van der Waals surface area contributed by atoms with Crippen molar-refractivity contribution in [2.75, 3.05) is 44.8 Å². The van der Waals surface area contributed by atoms with E-state index in [9.17, 15) is 8.42 Å². The summed E-state index contributed by atoms with van der Waals surface area (Å²) in [5.41, 5.74) is 1.09. The van der Waals surface area contributed by atoms with E-state index >= 15 is 0 Å². The van der Waals surface area contributed by atoms with Gasteiger partial charge in [0.05, 0.1) is 18.6 Å². The number of halogens is 1. The largest absolute Gasteiger partial charge is 0.496 e. The molecule has 1 aromatic carbocycles. The summed E-state index contributed by atoms with van der Waals surface area (Å²) in [4.78, 5) is 4.70. The van der Waals surface area contributed by atoms with Crippen molar-refractivity contribution in [2.24, 2.45) is 0 Å². The van der Waals surface area contributed by atoms with Crippen LogP contribution in [0.1, 0.15) is 12.0 Å². The summed E-state index contributed by atoms with van der Waals surface area (Å²) in [7, 11) is -1.14. The molecule has 0 N–H and O–H groups in total. The lowest BCUT2D eigenvalue weighted by Crippen LogP contribution is -2.50. The van der Waals surface area contributed by atoms with Crippen molar-refractivity contribution < 1.29 is 13.2 Å². The second-order valence-electron chi connectivity index (χ2n) is 6.33. The van der Waals surface area contributed by atoms with Crippen LogP contribution < -0.4 is 4.74 Å². The lowest BCUT2D eigenvalue weighted by Gasteiger charge is -2.37. The summed E-state index contributed by atoms with van der Waals surface area (Å²) >= 11 is 6.09. The molecule has 7 heteroatoms. The maximum Gasteiger partial charge on any atom is 0.151 e. The Morgan fingerprint density at radius 1 is 1.26 bits per heavy atom. The van der Waals surface area contributed by atoms with E-state index < -0.39 is 9.84 Å². The van der Waals surface area contributed by atoms with Gasteiger partial charge >= 0.3 is 0 Å². The number of benzene rings is 1. The SMILES string of the molecule is COc1ccc(Cl)cc1CN1CCN(C2CCS(=O)(=O)C2)CC1. The first-order chi connectivity index (χ1) is 11.0. The van der Waals surface area contributed by atoms with Crippen LogP contribution in [-0.4, -0.2) is 69.1 Å². The van der Waals surface area contributed by atoms with E-state index in [1.165, 1.54) is 0 Å². The highest BCUT2D eigenvalue weighted by Crippen LogP contribution is 2.25. The van der Waals surface area contributed by atoms with Crippen LogP contribution in [-0.2, 0) is 16.4 Å². The maximum atomic E-state index is 11.6. The Hall–Kier alpha value is -0.820. The molecule has 128 valence electrons. The molecule has 2 heterocycles. The number of hydrogen-bond donors (Lipinski definition) is 0. The zero-order valence-electron chi connectivity index (χ0n) is 13.4. The fraction of sp³-hybridized carbons (Fsp3) is 0.625. The summed E-state index contributed by atoms with van der Waals surface area (Å²) < 4.78 is 28.7. The molecule has 1 atom stereocenters. The van der Waals surface area contributed by atoms with Crippen LogP contribution >= 0.6 is 11.6 Å². The van der Waals surface area contributed by atoms with E-state index in [4.69, 9.17) is 16.3 Å². The molecule has 1 unspecified atom stereocenters. The average Bonchev–Trinajstić information content (AvgIpc) is 2.88. The van der Waals surface area contributed by atoms with Gasteiger partial charge in [0.25, 0.3) is 0 Å². The van der Waals surface area contributed by atoms with Gasteiger partial charge in [-0.1, -0.05) is 11.6 Å². The maximum absolute atomic E-state index is 11.6. The fourth-order valence-corrected chi connectivity index (χ4v) is 5.42. The molecule has 0 spiro atoms. The molecular weight excluding hydrogens is 336 g/mol. The molecular formula is C16H23ClN2O3S. The predicted octanol–water partition coefficient (Wildman–Crippen LogP) is 1.65. The molecule has 0 bridgehead atoms. The Labute approximate surface area is 143 Å². The normalized spacial score (nSPS) is 25.6. The number of methoxy groups -OCH3 is 1. The third kappa shape index (κ3) is 4.18. The van der Waals surface area contributed by atoms with Crippen LogP contribution in [0.5, 0.6) is 5.75 Å². The molecule has 2 aliphatic rings. The van der Waals surface area contributed by atoms with Crippen LogP contribution in [0.4, 0.5) is 0 Å². The van der Waals surface area contributed by atoms with Crippen LogP contribution in [0.25, 0.3) is 0 Å². The molecule has 0 saturated carbocycles. The Bertz CT molecular complexity index is 657. The van der Waals surface area contributed by atoms with Crippen molar-refractivity contribution in [1.29, 1.82) is 0 Å². The number of piperazine rings is 1. The predicted molar refractivity (Wildman–Crippen MR) is 91.9 cm³/mol. The molecule has 0 aromatic heterocycles. The quantitative estimate of drug-likeness (QED) is 0.819. The van der Waals surface area contributed by atoms with Crippen molar-refractivity contribution in [1.82, 2.24) is 9.80 Å². The first kappa shape index (κ1) is 17.0. The monoisotopic (exact) mass is 358 g/mol. The van der Waals surface area contributed by atoms with Gasteiger partial charge in [-0.05, 0) is 24.6 Å². The molecule has 2 aliphatic heterocycles. The minimum absolute atomic E-state index is 0.211. The third-order valence-corrected chi connectivity index (χ3v) is 6.75. The molecule has 0 aliphatic carbocycles. The van der Waals surface area contributed by atoms with Gasteiger partial charge < -0.3 is 4.74 Å². The van der Waals surface area contributed by atoms with Gasteiger partial charge in [-0.3, -0.25) is 9.80 Å². The van der Waals surface area contributed by atoms with Gasteiger partial charge in [-0.25, -0.2) is 8.42 Å². The number of sulfone groups is 1. The van der Waals surface area contributed by atoms with Crippen molar-refractivity contribution in [3.05, 3.63) is 28.8 Å². The summed E-state index contributed by atoms with van der Waals surface area (Å²) in [5, 5.41) is 0.718. The van der Waals surface area contributed by atoms with Gasteiger partial charge in [-0.2, -0.15) is 0 Å². The number of ether oxygens (including phenoxy) is 1. The highest BCUT2D eigenvalue weighted by Gasteiger charge is 2.33. The van der Waals surface area contributed by atoms with Crippen molar-refractivity contribution in [2.45, 2.75) is 19.0 Å². The van der Waals surface area contributed by atoms with E-state index in [2.05, 4.69) is 9.80 Å². The molecule has 23 heavy (non-hydrogen) atoms. The summed E-state index contributed by atoms with van der Waals surface area (Å²) in [6.07, 6.45) is 0.782. The highest BCUT2D eigenvalue weighted by molar-refractivity contribution is 7.91. The first-order valence-corrected chi connectivity index (χ1v) is 10.2. The van der Waals surface area contributed by atoms with Gasteiger partial charge in [0.1, 0.15) is 5.75 Å². The van der Waals surface area contributed by atoms with Crippen molar-refractivity contribution >= 4 is 21.4 Å². The standard InChI is InChI=1S/C16H23ClN2O3S/c1-22-16-3-2-14(17)10-13(16)11-18-5-7-19(8-6-18)15-4-9-23(20,21)12-15/h2-3,10,15H,4-9,11-12H2,1H3. The van der Waals surface area contributed by atoms with Crippen LogP contribution in [0.15, 0.2) is 18.2 Å². The Kier molecular flexibility index (Phi) is 5.16. The Balaban J connectivity index is 1.56. The molecule has 0 amide bonds. The fourth-order valence-electron chi connectivity index (χ4n) is 3.46. The second kappa shape index (κ2) is 6.97. The van der Waals surface area contributed by atoms with Gasteiger partial charge in [0, 0.05) is 49.4 Å². The number of rotatable bonds is 4. The molecule has 1 aromatic rings. The lowest BCUT2D eigenvalue weighted by molar-refractivity contribution is 0.0995. The summed E-state index contributed by atoms with van der Waals surface area (Å²) in [6, 6.07) is 5.90. The topological polar surface area (TPSA) is 49.9 Å². The zero-order valence-corrected chi connectivity index (χ0v) is 14.9. The van der Waals surface area contributed by atoms with E-state index in [-0.39, 0.29) is 6.04 Å². The van der Waals surface area contributed by atoms with E-state index in [1.807, 2.05) is 18.2 Å². The summed E-state index contributed by atoms with van der Waals surface area (Å²) in [6.45, 7) is 4.52. The van der Waals surface area contributed by atoms with Gasteiger partial charge in [0.2, 0.25) is 0 Å². The molecule has 2 fully saturated rings. The summed E-state index contributed by atoms with van der Waals surface area (Å²) in [5.74, 6) is 1.53. The molecule has 0 radical (unpaired) electrons. The van der Waals surface area contributed by atoms with Crippen LogP contribution in [0, 0.1) is 0 Å². The minimum Gasteiger partial charge on any atom is -0.496 e. The second-order valence-corrected chi connectivity index (χ2v) is 8.99. The van der Waals surface area contributed by atoms with Crippen LogP contribution in [0.3, 0.4) is 0 Å². The van der Waals surface area contributed by atoms with Crippen LogP contribution in [0.2, 0.25) is 5.02 Å². The van der Waals surface area contributed by atoms with E-state index in [1.54, 1.807) is 7.11 Å². The van der Waals surface area contributed by atoms with E-state index in [0.29, 0.717) is 11.5 Å². The first-order valence-electron chi connectivity index (χ1n) is 7.96. The molecule has 2 saturated heterocycles. The highest BCUT2D eigenvalue weighted by atomic mass is 35.5. The zero-order chi connectivity index (χ0) is 16.4. The van der Waals surface area contributed by atoms with E-state index in [0.717, 1.165) is 55.5 Å². The van der Waals surface area contributed by atoms with Crippen molar-refractivity contribution in [3.63, 3.8) is 0 Å². The Morgan fingerprint density at radius 3 is 2.61 bits per heavy atom. The third-order valence-electron chi connectivity index (χ3n) is 4.77. The Morgan fingerprint density at radius 2 is 2.00 bits per heavy atom.